The molecule has 2 rings (SSSR count). The van der Waals surface area contributed by atoms with Crippen LogP contribution in [0.4, 0.5) is 10.5 Å². The van der Waals surface area contributed by atoms with Gasteiger partial charge in [0.05, 0.1) is 0 Å². The highest BCUT2D eigenvalue weighted by atomic mass is 16.5. The smallest absolute Gasteiger partial charge is 0.324 e. The number of hydrogen-bond acceptors (Lipinski definition) is 3. The van der Waals surface area contributed by atoms with Gasteiger partial charge in [-0.05, 0) is 43.3 Å². The number of amides is 2. The van der Waals surface area contributed by atoms with E-state index in [9.17, 15) is 9.90 Å². The van der Waals surface area contributed by atoms with Crippen molar-refractivity contribution in [2.45, 2.75) is 13.2 Å². The van der Waals surface area contributed by atoms with E-state index in [4.69, 9.17) is 4.74 Å². The average Bonchev–Trinajstić information content (AvgIpc) is 2.49. The number of nitrogens with one attached hydrogen (secondary N) is 1. The summed E-state index contributed by atoms with van der Waals surface area (Å²) in [4.78, 5) is 13.6. The zero-order chi connectivity index (χ0) is 15.2. The second kappa shape index (κ2) is 6.65. The number of carbonyl (C=O) groups excluding carboxylic acids is 1. The fourth-order valence-electron chi connectivity index (χ4n) is 1.80. The molecule has 21 heavy (non-hydrogen) atoms. The Balaban J connectivity index is 1.91. The minimum atomic E-state index is -0.492. The highest BCUT2D eigenvalue weighted by molar-refractivity contribution is 5.91. The number of phenols is 1. The molecule has 0 saturated heterocycles. The summed E-state index contributed by atoms with van der Waals surface area (Å²) in [6, 6.07) is 15.4. The average molecular weight is 286 g/mol. The Hall–Kier alpha value is -2.69. The van der Waals surface area contributed by atoms with E-state index in [1.165, 1.54) is 17.0 Å². The molecular formula is C16H18N2O3. The van der Waals surface area contributed by atoms with Crippen molar-refractivity contribution in [3.8, 4) is 11.5 Å². The molecule has 0 aromatic heterocycles. The molecule has 2 aromatic carbocycles. The molecule has 110 valence electrons. The third-order valence-corrected chi connectivity index (χ3v) is 2.92. The van der Waals surface area contributed by atoms with Crippen molar-refractivity contribution in [2.75, 3.05) is 11.9 Å². The van der Waals surface area contributed by atoms with Gasteiger partial charge in [0.15, 0.2) is 6.23 Å². The number of anilines is 1. The summed E-state index contributed by atoms with van der Waals surface area (Å²) in [7, 11) is 1.69. The predicted octanol–water partition coefficient (Wildman–Crippen LogP) is 2.96. The van der Waals surface area contributed by atoms with Crippen LogP contribution in [0, 0.1) is 0 Å². The van der Waals surface area contributed by atoms with Crippen LogP contribution in [0.1, 0.15) is 6.92 Å². The monoisotopic (exact) mass is 286 g/mol. The van der Waals surface area contributed by atoms with Crippen molar-refractivity contribution >= 4 is 11.7 Å². The molecule has 0 fully saturated rings. The number of urea groups is 1. The molecule has 2 amide bonds. The van der Waals surface area contributed by atoms with Gasteiger partial charge in [0.1, 0.15) is 11.5 Å². The minimum absolute atomic E-state index is 0.169. The molecule has 0 radical (unpaired) electrons. The third-order valence-electron chi connectivity index (χ3n) is 2.92. The van der Waals surface area contributed by atoms with Crippen LogP contribution in [0.5, 0.6) is 11.5 Å². The number of ether oxygens (including phenoxy) is 1. The van der Waals surface area contributed by atoms with E-state index in [2.05, 4.69) is 5.32 Å². The Kier molecular flexibility index (Phi) is 4.66. The van der Waals surface area contributed by atoms with Crippen molar-refractivity contribution in [2.24, 2.45) is 0 Å². The third kappa shape index (κ3) is 4.14. The second-order valence-electron chi connectivity index (χ2n) is 4.60. The van der Waals surface area contributed by atoms with Crippen molar-refractivity contribution < 1.29 is 14.6 Å². The molecule has 0 spiro atoms. The van der Waals surface area contributed by atoms with E-state index in [0.717, 1.165) is 5.69 Å². The topological polar surface area (TPSA) is 61.8 Å². The number of nitrogens with zero attached hydrogens (tertiary/aromatic N) is 1. The van der Waals surface area contributed by atoms with Gasteiger partial charge in [0, 0.05) is 12.7 Å². The van der Waals surface area contributed by atoms with E-state index in [0.29, 0.717) is 5.75 Å². The van der Waals surface area contributed by atoms with E-state index in [1.807, 2.05) is 30.3 Å². The lowest BCUT2D eigenvalue weighted by atomic mass is 10.3. The number of para-hydroxylation sites is 1. The number of phenolic OH excluding ortho intramolecular Hbond substituents is 1. The van der Waals surface area contributed by atoms with E-state index < -0.39 is 6.23 Å². The zero-order valence-corrected chi connectivity index (χ0v) is 12.0. The molecule has 0 aliphatic heterocycles. The zero-order valence-electron chi connectivity index (χ0n) is 12.0. The van der Waals surface area contributed by atoms with Crippen molar-refractivity contribution in [3.05, 3.63) is 54.6 Å². The van der Waals surface area contributed by atoms with E-state index in [1.54, 1.807) is 26.1 Å². The van der Waals surface area contributed by atoms with Gasteiger partial charge in [-0.3, -0.25) is 4.90 Å². The van der Waals surface area contributed by atoms with Gasteiger partial charge in [-0.2, -0.15) is 0 Å². The number of aromatic hydroxyl groups is 1. The standard InChI is InChI=1S/C16H18N2O3/c1-12(21-15-10-8-14(19)9-11-15)17-16(20)18(2)13-6-4-3-5-7-13/h3-12,19H,1-2H3,(H,17,20). The fourth-order valence-corrected chi connectivity index (χ4v) is 1.80. The minimum Gasteiger partial charge on any atom is -0.508 e. The lowest BCUT2D eigenvalue weighted by Gasteiger charge is -2.22. The summed E-state index contributed by atoms with van der Waals surface area (Å²) in [6.07, 6.45) is -0.492. The van der Waals surface area contributed by atoms with Crippen LogP contribution in [0.25, 0.3) is 0 Å². The summed E-state index contributed by atoms with van der Waals surface area (Å²) in [5.41, 5.74) is 0.798. The maximum Gasteiger partial charge on any atom is 0.324 e. The lowest BCUT2D eigenvalue weighted by Crippen LogP contribution is -2.44. The van der Waals surface area contributed by atoms with Gasteiger partial charge in [-0.1, -0.05) is 18.2 Å². The summed E-state index contributed by atoms with van der Waals surface area (Å²) in [5, 5.41) is 11.9. The summed E-state index contributed by atoms with van der Waals surface area (Å²) >= 11 is 0. The molecule has 2 N–H and O–H groups in total. The molecule has 1 unspecified atom stereocenters. The van der Waals surface area contributed by atoms with E-state index in [-0.39, 0.29) is 11.8 Å². The number of hydrogen-bond donors (Lipinski definition) is 2. The maximum atomic E-state index is 12.1. The normalized spacial score (nSPS) is 11.5. The first-order valence-electron chi connectivity index (χ1n) is 6.61. The van der Waals surface area contributed by atoms with Crippen LogP contribution in [-0.2, 0) is 0 Å². The first-order chi connectivity index (χ1) is 10.1. The first kappa shape index (κ1) is 14.7. The summed E-state index contributed by atoms with van der Waals surface area (Å²) in [6.45, 7) is 1.74. The van der Waals surface area contributed by atoms with Gasteiger partial charge < -0.3 is 15.2 Å². The van der Waals surface area contributed by atoms with Gasteiger partial charge >= 0.3 is 6.03 Å². The van der Waals surface area contributed by atoms with Crippen molar-refractivity contribution in [1.82, 2.24) is 5.32 Å². The summed E-state index contributed by atoms with van der Waals surface area (Å²) in [5.74, 6) is 0.741. The summed E-state index contributed by atoms with van der Waals surface area (Å²) < 4.78 is 5.56. The lowest BCUT2D eigenvalue weighted by molar-refractivity contribution is 0.180. The van der Waals surface area contributed by atoms with Crippen LogP contribution in [0.3, 0.4) is 0 Å². The number of benzene rings is 2. The Bertz CT molecular complexity index is 584. The maximum absolute atomic E-state index is 12.1. The molecular weight excluding hydrogens is 268 g/mol. The molecule has 2 aromatic rings. The van der Waals surface area contributed by atoms with Crippen LogP contribution in [0.2, 0.25) is 0 Å². The molecule has 0 heterocycles. The number of carbonyl (C=O) groups is 1. The number of rotatable bonds is 4. The Morgan fingerprint density at radius 3 is 2.38 bits per heavy atom. The quantitative estimate of drug-likeness (QED) is 0.849. The van der Waals surface area contributed by atoms with Gasteiger partial charge in [-0.15, -0.1) is 0 Å². The Morgan fingerprint density at radius 2 is 1.76 bits per heavy atom. The molecule has 0 aliphatic carbocycles. The van der Waals surface area contributed by atoms with Crippen molar-refractivity contribution in [3.63, 3.8) is 0 Å². The fraction of sp³-hybridized carbons (Fsp3) is 0.188. The van der Waals surface area contributed by atoms with Gasteiger partial charge in [0.25, 0.3) is 0 Å². The Labute approximate surface area is 123 Å². The van der Waals surface area contributed by atoms with Crippen LogP contribution >= 0.6 is 0 Å². The Morgan fingerprint density at radius 1 is 1.14 bits per heavy atom. The van der Waals surface area contributed by atoms with Crippen LogP contribution < -0.4 is 15.0 Å². The predicted molar refractivity (Wildman–Crippen MR) is 81.6 cm³/mol. The highest BCUT2D eigenvalue weighted by Gasteiger charge is 2.14. The molecule has 0 saturated carbocycles. The van der Waals surface area contributed by atoms with Crippen molar-refractivity contribution in [1.29, 1.82) is 0 Å². The van der Waals surface area contributed by atoms with Gasteiger partial charge in [-0.25, -0.2) is 4.79 Å². The van der Waals surface area contributed by atoms with Crippen LogP contribution in [-0.4, -0.2) is 24.4 Å². The van der Waals surface area contributed by atoms with Crippen LogP contribution in [0.15, 0.2) is 54.6 Å². The highest BCUT2D eigenvalue weighted by Crippen LogP contribution is 2.17. The molecule has 0 aliphatic rings. The first-order valence-corrected chi connectivity index (χ1v) is 6.61. The molecule has 5 nitrogen and oxygen atoms in total. The molecule has 0 bridgehead atoms. The SMILES string of the molecule is CC(NC(=O)N(C)c1ccccc1)Oc1ccc(O)cc1. The second-order valence-corrected chi connectivity index (χ2v) is 4.60. The van der Waals surface area contributed by atoms with E-state index >= 15 is 0 Å². The molecule has 5 heteroatoms. The molecule has 1 atom stereocenters. The largest absolute Gasteiger partial charge is 0.508 e. The van der Waals surface area contributed by atoms with Gasteiger partial charge in [0.2, 0.25) is 0 Å².